The van der Waals surface area contributed by atoms with E-state index in [1.165, 1.54) is 10.8 Å². The zero-order valence-corrected chi connectivity index (χ0v) is 19.8. The van der Waals surface area contributed by atoms with Crippen molar-refractivity contribution in [1.82, 2.24) is 4.57 Å². The molecule has 0 spiro atoms. The Morgan fingerprint density at radius 3 is 2.45 bits per heavy atom. The zero-order valence-electron chi connectivity index (χ0n) is 18.2. The minimum absolute atomic E-state index is 0.105. The van der Waals surface area contributed by atoms with E-state index in [4.69, 9.17) is 16.3 Å². The molecule has 2 aromatic heterocycles. The number of anilines is 2. The standard InChI is InChI=1S/C23H22ClN3O5S/c1-4-32-23(31)18-14(3)19(20(29)25-16-9-7-15(24)8-10-16)33-21(18)26-17(28)12-27-11-5-6-13(2)22(27)30/h5-11H,4,12H2,1-3H3,(H,25,29)(H,26,28). The number of nitrogens with one attached hydrogen (secondary N) is 2. The van der Waals surface area contributed by atoms with Gasteiger partial charge in [0.2, 0.25) is 5.91 Å². The molecule has 0 saturated carbocycles. The van der Waals surface area contributed by atoms with Gasteiger partial charge >= 0.3 is 5.97 Å². The summed E-state index contributed by atoms with van der Waals surface area (Å²) in [5, 5.41) is 6.11. The molecule has 0 saturated heterocycles. The van der Waals surface area contributed by atoms with Crippen LogP contribution in [0.15, 0.2) is 47.4 Å². The van der Waals surface area contributed by atoms with E-state index < -0.39 is 17.8 Å². The average Bonchev–Trinajstić information content (AvgIpc) is 3.09. The highest BCUT2D eigenvalue weighted by Gasteiger charge is 2.27. The van der Waals surface area contributed by atoms with Crippen LogP contribution in [0.1, 0.15) is 38.1 Å². The lowest BCUT2D eigenvalue weighted by Crippen LogP contribution is -2.28. The summed E-state index contributed by atoms with van der Waals surface area (Å²) in [5.41, 5.74) is 1.23. The number of esters is 1. The van der Waals surface area contributed by atoms with Crippen LogP contribution in [-0.4, -0.2) is 29.0 Å². The molecule has 0 bridgehead atoms. The van der Waals surface area contributed by atoms with Gasteiger partial charge in [-0.2, -0.15) is 0 Å². The Hall–Kier alpha value is -3.43. The van der Waals surface area contributed by atoms with Crippen LogP contribution in [0.5, 0.6) is 0 Å². The zero-order chi connectivity index (χ0) is 24.1. The van der Waals surface area contributed by atoms with E-state index in [-0.39, 0.29) is 34.2 Å². The Labute approximate surface area is 199 Å². The van der Waals surface area contributed by atoms with Gasteiger partial charge in [-0.1, -0.05) is 17.7 Å². The number of carbonyl (C=O) groups is 3. The van der Waals surface area contributed by atoms with Crippen LogP contribution < -0.4 is 16.2 Å². The molecule has 0 fully saturated rings. The molecule has 10 heteroatoms. The summed E-state index contributed by atoms with van der Waals surface area (Å²) in [6.45, 7) is 4.82. The smallest absolute Gasteiger partial charge is 0.341 e. The molecule has 0 atom stereocenters. The fourth-order valence-corrected chi connectivity index (χ4v) is 4.32. The van der Waals surface area contributed by atoms with Gasteiger partial charge in [-0.25, -0.2) is 4.79 Å². The Bertz CT molecular complexity index is 1260. The first-order valence-corrected chi connectivity index (χ1v) is 11.2. The van der Waals surface area contributed by atoms with Gasteiger partial charge in [0, 0.05) is 22.5 Å². The highest BCUT2D eigenvalue weighted by atomic mass is 35.5. The molecule has 33 heavy (non-hydrogen) atoms. The lowest BCUT2D eigenvalue weighted by molar-refractivity contribution is -0.116. The van der Waals surface area contributed by atoms with Crippen molar-refractivity contribution in [2.24, 2.45) is 0 Å². The number of hydrogen-bond donors (Lipinski definition) is 2. The van der Waals surface area contributed by atoms with Gasteiger partial charge in [0.1, 0.15) is 11.5 Å². The monoisotopic (exact) mass is 487 g/mol. The van der Waals surface area contributed by atoms with E-state index in [1.54, 1.807) is 57.2 Å². The first-order valence-electron chi connectivity index (χ1n) is 10.0. The van der Waals surface area contributed by atoms with Crippen LogP contribution in [0, 0.1) is 13.8 Å². The van der Waals surface area contributed by atoms with Gasteiger partial charge in [0.05, 0.1) is 17.0 Å². The predicted octanol–water partition coefficient (Wildman–Crippen LogP) is 4.25. The molecule has 8 nitrogen and oxygen atoms in total. The number of rotatable bonds is 7. The summed E-state index contributed by atoms with van der Waals surface area (Å²) in [6, 6.07) is 9.91. The molecule has 0 aliphatic heterocycles. The first-order chi connectivity index (χ1) is 15.7. The number of thiophene rings is 1. The molecule has 2 N–H and O–H groups in total. The highest BCUT2D eigenvalue weighted by molar-refractivity contribution is 7.18. The number of hydrogen-bond acceptors (Lipinski definition) is 6. The first kappa shape index (κ1) is 24.2. The summed E-state index contributed by atoms with van der Waals surface area (Å²) >= 11 is 6.84. The van der Waals surface area contributed by atoms with Gasteiger partial charge < -0.3 is 19.9 Å². The SMILES string of the molecule is CCOC(=O)c1c(NC(=O)Cn2cccc(C)c2=O)sc(C(=O)Nc2ccc(Cl)cc2)c1C. The topological polar surface area (TPSA) is 106 Å². The van der Waals surface area contributed by atoms with E-state index >= 15 is 0 Å². The lowest BCUT2D eigenvalue weighted by Gasteiger charge is -2.09. The van der Waals surface area contributed by atoms with Crippen LogP contribution in [0.3, 0.4) is 0 Å². The van der Waals surface area contributed by atoms with Gasteiger partial charge in [0.25, 0.3) is 11.5 Å². The van der Waals surface area contributed by atoms with Gasteiger partial charge in [0.15, 0.2) is 0 Å². The molecule has 3 aromatic rings. The maximum Gasteiger partial charge on any atom is 0.341 e. The molecular weight excluding hydrogens is 466 g/mol. The molecule has 2 heterocycles. The van der Waals surface area contributed by atoms with Crippen molar-refractivity contribution in [3.8, 4) is 0 Å². The van der Waals surface area contributed by atoms with Crippen LogP contribution in [0.4, 0.5) is 10.7 Å². The number of amides is 2. The van der Waals surface area contributed by atoms with Gasteiger partial charge in [-0.15, -0.1) is 11.3 Å². The number of pyridine rings is 1. The summed E-state index contributed by atoms with van der Waals surface area (Å²) in [4.78, 5) is 50.6. The van der Waals surface area contributed by atoms with Crippen molar-refractivity contribution in [3.05, 3.63) is 79.5 Å². The second-order valence-electron chi connectivity index (χ2n) is 7.11. The normalized spacial score (nSPS) is 10.5. The highest BCUT2D eigenvalue weighted by Crippen LogP contribution is 2.34. The van der Waals surface area contributed by atoms with Crippen molar-refractivity contribution in [2.45, 2.75) is 27.3 Å². The third-order valence-electron chi connectivity index (χ3n) is 4.71. The lowest BCUT2D eigenvalue weighted by atomic mass is 10.1. The van der Waals surface area contributed by atoms with Crippen molar-refractivity contribution in [3.63, 3.8) is 0 Å². The fraction of sp³-hybridized carbons (Fsp3) is 0.217. The third-order valence-corrected chi connectivity index (χ3v) is 6.17. The molecule has 0 aliphatic rings. The number of nitrogens with zero attached hydrogens (tertiary/aromatic N) is 1. The van der Waals surface area contributed by atoms with Crippen molar-refractivity contribution in [2.75, 3.05) is 17.2 Å². The van der Waals surface area contributed by atoms with E-state index in [0.717, 1.165) is 11.3 Å². The van der Waals surface area contributed by atoms with Crippen molar-refractivity contribution >= 4 is 51.4 Å². The van der Waals surface area contributed by atoms with Crippen molar-refractivity contribution in [1.29, 1.82) is 0 Å². The second kappa shape index (κ2) is 10.5. The molecular formula is C23H22ClN3O5S. The average molecular weight is 488 g/mol. The number of aryl methyl sites for hydroxylation is 1. The number of aromatic nitrogens is 1. The minimum Gasteiger partial charge on any atom is -0.462 e. The van der Waals surface area contributed by atoms with Crippen molar-refractivity contribution < 1.29 is 19.1 Å². The molecule has 1 aromatic carbocycles. The van der Waals surface area contributed by atoms with Gasteiger partial charge in [-0.3, -0.25) is 14.4 Å². The van der Waals surface area contributed by atoms with E-state index in [0.29, 0.717) is 21.8 Å². The number of ether oxygens (including phenoxy) is 1. The van der Waals surface area contributed by atoms with Gasteiger partial charge in [-0.05, 0) is 56.7 Å². The third kappa shape index (κ3) is 5.68. The largest absolute Gasteiger partial charge is 0.462 e. The fourth-order valence-electron chi connectivity index (χ4n) is 3.09. The maximum atomic E-state index is 12.9. The molecule has 3 rings (SSSR count). The summed E-state index contributed by atoms with van der Waals surface area (Å²) in [5.74, 6) is -1.61. The Kier molecular flexibility index (Phi) is 7.67. The maximum absolute atomic E-state index is 12.9. The van der Waals surface area contributed by atoms with E-state index in [1.807, 2.05) is 0 Å². The quantitative estimate of drug-likeness (QED) is 0.484. The number of halogens is 1. The van der Waals surface area contributed by atoms with Crippen LogP contribution in [-0.2, 0) is 16.1 Å². The summed E-state index contributed by atoms with van der Waals surface area (Å²) in [6.07, 6.45) is 1.51. The van der Waals surface area contributed by atoms with Crippen LogP contribution in [0.25, 0.3) is 0 Å². The molecule has 0 aliphatic carbocycles. The number of benzene rings is 1. The second-order valence-corrected chi connectivity index (χ2v) is 8.57. The molecule has 2 amide bonds. The Morgan fingerprint density at radius 2 is 1.79 bits per heavy atom. The van der Waals surface area contributed by atoms with E-state index in [9.17, 15) is 19.2 Å². The van der Waals surface area contributed by atoms with E-state index in [2.05, 4.69) is 10.6 Å². The Balaban J connectivity index is 1.89. The summed E-state index contributed by atoms with van der Waals surface area (Å²) in [7, 11) is 0. The molecule has 172 valence electrons. The minimum atomic E-state index is -0.653. The molecule has 0 unspecified atom stereocenters. The predicted molar refractivity (Wildman–Crippen MR) is 128 cm³/mol. The van der Waals surface area contributed by atoms with Crippen LogP contribution in [0.2, 0.25) is 5.02 Å². The van der Waals surface area contributed by atoms with Crippen LogP contribution >= 0.6 is 22.9 Å². The Morgan fingerprint density at radius 1 is 1.09 bits per heavy atom. The molecule has 0 radical (unpaired) electrons. The summed E-state index contributed by atoms with van der Waals surface area (Å²) < 4.78 is 6.39. The number of carbonyl (C=O) groups excluding carboxylic acids is 3.